The number of piperidine rings is 2. The molecule has 2 fully saturated rings. The molecule has 2 rings (SSSR count). The topological polar surface area (TPSA) is 29.5 Å². The summed E-state index contributed by atoms with van der Waals surface area (Å²) in [7, 11) is 0. The van der Waals surface area contributed by atoms with E-state index < -0.39 is 0 Å². The van der Waals surface area contributed by atoms with E-state index in [0.717, 1.165) is 6.42 Å². The fraction of sp³-hybridized carbons (Fsp3) is 0.929. The van der Waals surface area contributed by atoms with Gasteiger partial charge in [0.05, 0.1) is 6.61 Å². The smallest absolute Gasteiger partial charge is 0.319 e. The summed E-state index contributed by atoms with van der Waals surface area (Å²) in [6.45, 7) is 5.09. The van der Waals surface area contributed by atoms with Gasteiger partial charge in [0.2, 0.25) is 0 Å². The summed E-state index contributed by atoms with van der Waals surface area (Å²) < 4.78 is 5.47. The summed E-state index contributed by atoms with van der Waals surface area (Å²) in [5.74, 6) is 0.463. The molecule has 0 amide bonds. The van der Waals surface area contributed by atoms with Crippen molar-refractivity contribution in [3.8, 4) is 0 Å². The predicted molar refractivity (Wildman–Crippen MR) is 75.9 cm³/mol. The predicted octanol–water partition coefficient (Wildman–Crippen LogP) is 2.97. The Kier molecular flexibility index (Phi) is 5.49. The van der Waals surface area contributed by atoms with Gasteiger partial charge >= 0.3 is 5.97 Å². The lowest BCUT2D eigenvalue weighted by Gasteiger charge is -2.44. The monoisotopic (exact) mass is 317 g/mol. The Hall–Kier alpha value is -0.0900. The number of halogens is 1. The van der Waals surface area contributed by atoms with Crippen molar-refractivity contribution in [1.82, 2.24) is 4.90 Å². The van der Waals surface area contributed by atoms with Crippen LogP contribution in [0.1, 0.15) is 45.4 Å². The zero-order valence-electron chi connectivity index (χ0n) is 11.2. The first-order chi connectivity index (χ1) is 8.72. The first kappa shape index (κ1) is 14.3. The van der Waals surface area contributed by atoms with Gasteiger partial charge in [-0.25, -0.2) is 0 Å². The fourth-order valence-corrected chi connectivity index (χ4v) is 3.35. The molecule has 0 spiro atoms. The molecule has 2 aliphatic rings. The Balaban J connectivity index is 1.82. The van der Waals surface area contributed by atoms with Gasteiger partial charge in [-0.3, -0.25) is 9.69 Å². The Morgan fingerprint density at radius 3 is 2.89 bits per heavy atom. The maximum Gasteiger partial charge on any atom is 0.319 e. The van der Waals surface area contributed by atoms with Crippen LogP contribution in [0.15, 0.2) is 0 Å². The normalized spacial score (nSPS) is 30.6. The van der Waals surface area contributed by atoms with Crippen LogP contribution >= 0.6 is 15.9 Å². The number of carbonyl (C=O) groups is 1. The molecule has 104 valence electrons. The first-order valence-corrected chi connectivity index (χ1v) is 8.18. The second-order valence-electron chi connectivity index (χ2n) is 5.51. The van der Waals surface area contributed by atoms with Gasteiger partial charge in [-0.2, -0.15) is 0 Å². The molecular weight excluding hydrogens is 294 g/mol. The van der Waals surface area contributed by atoms with E-state index in [1.807, 2.05) is 6.92 Å². The lowest BCUT2D eigenvalue weighted by Crippen LogP contribution is -2.49. The molecule has 2 aliphatic heterocycles. The van der Waals surface area contributed by atoms with E-state index in [4.69, 9.17) is 4.74 Å². The molecule has 0 saturated carbocycles. The quantitative estimate of drug-likeness (QED) is 0.589. The molecule has 0 radical (unpaired) electrons. The zero-order chi connectivity index (χ0) is 13.0. The minimum atomic E-state index is -0.136. The number of carbonyl (C=O) groups excluding carboxylic acids is 1. The summed E-state index contributed by atoms with van der Waals surface area (Å²) in [5, 5.41) is 0. The third-order valence-electron chi connectivity index (χ3n) is 4.28. The molecule has 0 aliphatic carbocycles. The number of ether oxygens (including phenoxy) is 1. The van der Waals surface area contributed by atoms with Gasteiger partial charge in [-0.15, -0.1) is 0 Å². The molecule has 2 saturated heterocycles. The van der Waals surface area contributed by atoms with E-state index in [0.29, 0.717) is 18.6 Å². The lowest BCUT2D eigenvalue weighted by atomic mass is 9.84. The van der Waals surface area contributed by atoms with Gasteiger partial charge in [-0.05, 0) is 45.2 Å². The number of fused-ring (bicyclic) bond motifs is 1. The molecule has 0 aromatic heterocycles. The highest BCUT2D eigenvalue weighted by molar-refractivity contribution is 9.10. The average molecular weight is 318 g/mol. The zero-order valence-corrected chi connectivity index (χ0v) is 12.8. The van der Waals surface area contributed by atoms with Gasteiger partial charge in [0, 0.05) is 12.0 Å². The maximum atomic E-state index is 11.7. The van der Waals surface area contributed by atoms with Crippen molar-refractivity contribution in [2.45, 2.75) is 56.3 Å². The Morgan fingerprint density at radius 1 is 1.33 bits per heavy atom. The van der Waals surface area contributed by atoms with Crippen LogP contribution in [0.25, 0.3) is 0 Å². The summed E-state index contributed by atoms with van der Waals surface area (Å²) in [6, 6.07) is 0.663. The van der Waals surface area contributed by atoms with Crippen molar-refractivity contribution >= 4 is 21.9 Å². The van der Waals surface area contributed by atoms with Crippen molar-refractivity contribution in [2.75, 3.05) is 19.7 Å². The van der Waals surface area contributed by atoms with Crippen molar-refractivity contribution < 1.29 is 9.53 Å². The molecule has 18 heavy (non-hydrogen) atoms. The van der Waals surface area contributed by atoms with Crippen LogP contribution in [-0.2, 0) is 9.53 Å². The molecule has 2 heterocycles. The minimum Gasteiger partial charge on any atom is -0.464 e. The van der Waals surface area contributed by atoms with E-state index in [1.165, 1.54) is 45.2 Å². The third kappa shape index (κ3) is 3.47. The van der Waals surface area contributed by atoms with Gasteiger partial charge < -0.3 is 4.74 Å². The summed E-state index contributed by atoms with van der Waals surface area (Å²) in [5.41, 5.74) is 0. The maximum absolute atomic E-state index is 11.7. The SMILES string of the molecule is CC[C@H](Br)C(=O)OC[C@@H]1CCCN2CCCC[C@H]12. The number of alkyl halides is 1. The van der Waals surface area contributed by atoms with E-state index in [2.05, 4.69) is 20.8 Å². The Bertz CT molecular complexity index is 283. The van der Waals surface area contributed by atoms with Crippen LogP contribution in [0, 0.1) is 5.92 Å². The van der Waals surface area contributed by atoms with Gasteiger partial charge in [0.25, 0.3) is 0 Å². The first-order valence-electron chi connectivity index (χ1n) is 7.27. The van der Waals surface area contributed by atoms with Gasteiger partial charge in [0.1, 0.15) is 4.83 Å². The molecule has 3 atom stereocenters. The molecule has 0 aromatic rings. The number of rotatable bonds is 4. The fourth-order valence-electron chi connectivity index (χ4n) is 3.22. The highest BCUT2D eigenvalue weighted by Crippen LogP contribution is 2.31. The van der Waals surface area contributed by atoms with Crippen molar-refractivity contribution in [3.63, 3.8) is 0 Å². The van der Waals surface area contributed by atoms with E-state index in [-0.39, 0.29) is 10.8 Å². The molecule has 4 heteroatoms. The summed E-state index contributed by atoms with van der Waals surface area (Å²) in [4.78, 5) is 14.2. The van der Waals surface area contributed by atoms with Crippen molar-refractivity contribution in [2.24, 2.45) is 5.92 Å². The van der Waals surface area contributed by atoms with Gasteiger partial charge in [0.15, 0.2) is 0 Å². The van der Waals surface area contributed by atoms with E-state index in [9.17, 15) is 4.79 Å². The summed E-state index contributed by atoms with van der Waals surface area (Å²) in [6.07, 6.45) is 7.22. The van der Waals surface area contributed by atoms with E-state index >= 15 is 0 Å². The Labute approximate surface area is 118 Å². The van der Waals surface area contributed by atoms with Crippen LogP contribution in [-0.4, -0.2) is 41.4 Å². The van der Waals surface area contributed by atoms with Crippen LogP contribution in [0.3, 0.4) is 0 Å². The molecule has 0 unspecified atom stereocenters. The van der Waals surface area contributed by atoms with Crippen LogP contribution in [0.2, 0.25) is 0 Å². The Morgan fingerprint density at radius 2 is 2.11 bits per heavy atom. The molecule has 0 N–H and O–H groups in total. The molecule has 3 nitrogen and oxygen atoms in total. The lowest BCUT2D eigenvalue weighted by molar-refractivity contribution is -0.145. The standard InChI is InChI=1S/C14H24BrNO2/c1-2-12(15)14(17)18-10-11-6-5-9-16-8-4-3-7-13(11)16/h11-13H,2-10H2,1H3/t11-,12-,13+/m0/s1. The largest absolute Gasteiger partial charge is 0.464 e. The number of hydrogen-bond donors (Lipinski definition) is 0. The highest BCUT2D eigenvalue weighted by Gasteiger charge is 2.33. The molecule has 0 aromatic carbocycles. The van der Waals surface area contributed by atoms with Crippen LogP contribution < -0.4 is 0 Å². The van der Waals surface area contributed by atoms with Crippen molar-refractivity contribution in [3.05, 3.63) is 0 Å². The van der Waals surface area contributed by atoms with Gasteiger partial charge in [-0.1, -0.05) is 29.3 Å². The summed E-state index contributed by atoms with van der Waals surface area (Å²) >= 11 is 3.35. The number of hydrogen-bond acceptors (Lipinski definition) is 3. The minimum absolute atomic E-state index is 0.0922. The highest BCUT2D eigenvalue weighted by atomic mass is 79.9. The molecule has 0 bridgehead atoms. The van der Waals surface area contributed by atoms with E-state index in [1.54, 1.807) is 0 Å². The van der Waals surface area contributed by atoms with Crippen molar-refractivity contribution in [1.29, 1.82) is 0 Å². The number of esters is 1. The van der Waals surface area contributed by atoms with Crippen LogP contribution in [0.4, 0.5) is 0 Å². The third-order valence-corrected chi connectivity index (χ3v) is 5.30. The second kappa shape index (κ2) is 6.90. The molecular formula is C14H24BrNO2. The number of nitrogens with zero attached hydrogens (tertiary/aromatic N) is 1. The second-order valence-corrected chi connectivity index (χ2v) is 6.61. The van der Waals surface area contributed by atoms with Crippen LogP contribution in [0.5, 0.6) is 0 Å². The average Bonchev–Trinajstić information content (AvgIpc) is 2.43.